The quantitative estimate of drug-likeness (QED) is 0.637. The molecule has 18 heavy (non-hydrogen) atoms. The predicted molar refractivity (Wildman–Crippen MR) is 81.3 cm³/mol. The first-order valence-corrected chi connectivity index (χ1v) is 7.26. The van der Waals surface area contributed by atoms with Crippen LogP contribution in [0.4, 0.5) is 0 Å². The first-order valence-electron chi connectivity index (χ1n) is 7.26. The van der Waals surface area contributed by atoms with Gasteiger partial charge < -0.3 is 4.90 Å². The van der Waals surface area contributed by atoms with E-state index in [0.29, 0.717) is 0 Å². The van der Waals surface area contributed by atoms with Crippen molar-refractivity contribution in [3.8, 4) is 0 Å². The SMILES string of the molecule is CCCC1=CCC(C(C)(C)C)=C(C(C)(C)C)N1C. The van der Waals surface area contributed by atoms with Gasteiger partial charge in [0, 0.05) is 23.9 Å². The number of hydrogen-bond acceptors (Lipinski definition) is 1. The molecule has 0 spiro atoms. The first-order chi connectivity index (χ1) is 8.09. The summed E-state index contributed by atoms with van der Waals surface area (Å²) in [6.07, 6.45) is 5.96. The molecule has 1 nitrogen and oxygen atoms in total. The molecule has 1 rings (SSSR count). The molecule has 0 radical (unpaired) electrons. The summed E-state index contributed by atoms with van der Waals surface area (Å²) in [6, 6.07) is 0. The van der Waals surface area contributed by atoms with Crippen molar-refractivity contribution in [2.75, 3.05) is 7.05 Å². The highest BCUT2D eigenvalue weighted by Gasteiger charge is 2.32. The number of hydrogen-bond donors (Lipinski definition) is 0. The van der Waals surface area contributed by atoms with Crippen LogP contribution in [-0.2, 0) is 0 Å². The Hall–Kier alpha value is -0.720. The average molecular weight is 249 g/mol. The maximum atomic E-state index is 2.45. The van der Waals surface area contributed by atoms with Gasteiger partial charge in [-0.3, -0.25) is 0 Å². The van der Waals surface area contributed by atoms with Crippen LogP contribution in [0.2, 0.25) is 0 Å². The van der Waals surface area contributed by atoms with Gasteiger partial charge in [0.25, 0.3) is 0 Å². The molecule has 0 amide bonds. The summed E-state index contributed by atoms with van der Waals surface area (Å²) in [5, 5.41) is 0. The van der Waals surface area contributed by atoms with Gasteiger partial charge in [-0.05, 0) is 23.8 Å². The number of nitrogens with zero attached hydrogens (tertiary/aromatic N) is 1. The van der Waals surface area contributed by atoms with Crippen LogP contribution in [0.1, 0.15) is 67.7 Å². The van der Waals surface area contributed by atoms with Gasteiger partial charge in [0.15, 0.2) is 0 Å². The van der Waals surface area contributed by atoms with Crippen LogP contribution in [0.25, 0.3) is 0 Å². The largest absolute Gasteiger partial charge is 0.351 e. The molecule has 0 saturated heterocycles. The van der Waals surface area contributed by atoms with Crippen LogP contribution in [-0.4, -0.2) is 11.9 Å². The smallest absolute Gasteiger partial charge is 0.0227 e. The van der Waals surface area contributed by atoms with Gasteiger partial charge in [-0.15, -0.1) is 0 Å². The van der Waals surface area contributed by atoms with E-state index in [0.717, 1.165) is 6.42 Å². The molecule has 1 heterocycles. The predicted octanol–water partition coefficient (Wildman–Crippen LogP) is 5.35. The van der Waals surface area contributed by atoms with Gasteiger partial charge in [0.05, 0.1) is 0 Å². The Bertz CT molecular complexity index is 358. The second-order valence-corrected chi connectivity index (χ2v) is 7.54. The van der Waals surface area contributed by atoms with Crippen molar-refractivity contribution >= 4 is 0 Å². The highest BCUT2D eigenvalue weighted by atomic mass is 15.1. The Morgan fingerprint density at radius 2 is 1.61 bits per heavy atom. The second kappa shape index (κ2) is 5.11. The lowest BCUT2D eigenvalue weighted by Gasteiger charge is -2.42. The molecule has 0 atom stereocenters. The summed E-state index contributed by atoms with van der Waals surface area (Å²) in [5.41, 5.74) is 5.09. The van der Waals surface area contributed by atoms with E-state index >= 15 is 0 Å². The summed E-state index contributed by atoms with van der Waals surface area (Å²) in [7, 11) is 2.24. The van der Waals surface area contributed by atoms with E-state index in [2.05, 4.69) is 66.5 Å². The van der Waals surface area contributed by atoms with Gasteiger partial charge in [0.2, 0.25) is 0 Å². The molecule has 0 saturated carbocycles. The topological polar surface area (TPSA) is 3.24 Å². The highest BCUT2D eigenvalue weighted by Crippen LogP contribution is 2.44. The molecule has 0 aromatic heterocycles. The van der Waals surface area contributed by atoms with Crippen LogP contribution in [0.5, 0.6) is 0 Å². The molecule has 0 bridgehead atoms. The van der Waals surface area contributed by atoms with Crippen molar-refractivity contribution in [3.05, 3.63) is 23.0 Å². The third-order valence-electron chi connectivity index (χ3n) is 3.72. The van der Waals surface area contributed by atoms with Crippen molar-refractivity contribution in [2.24, 2.45) is 10.8 Å². The minimum absolute atomic E-state index is 0.213. The summed E-state index contributed by atoms with van der Waals surface area (Å²) in [4.78, 5) is 2.45. The van der Waals surface area contributed by atoms with Crippen LogP contribution in [0, 0.1) is 10.8 Å². The Labute approximate surface area is 114 Å². The summed E-state index contributed by atoms with van der Waals surface area (Å²) in [5.74, 6) is 0. The minimum Gasteiger partial charge on any atom is -0.351 e. The van der Waals surface area contributed by atoms with Crippen LogP contribution >= 0.6 is 0 Å². The Morgan fingerprint density at radius 3 is 2.00 bits per heavy atom. The standard InChI is InChI=1S/C17H31N/c1-9-10-13-11-12-14(16(2,3)4)15(18(13)8)17(5,6)7/h11H,9-10,12H2,1-8H3. The molecule has 0 unspecified atom stereocenters. The fourth-order valence-corrected chi connectivity index (χ4v) is 2.94. The molecule has 104 valence electrons. The van der Waals surface area contributed by atoms with Gasteiger partial charge in [-0.2, -0.15) is 0 Å². The lowest BCUT2D eigenvalue weighted by molar-refractivity contribution is 0.312. The molecule has 1 heteroatoms. The Morgan fingerprint density at radius 1 is 1.06 bits per heavy atom. The van der Waals surface area contributed by atoms with E-state index in [1.807, 2.05) is 0 Å². The molecular formula is C17H31N. The van der Waals surface area contributed by atoms with Crippen molar-refractivity contribution < 1.29 is 0 Å². The zero-order valence-corrected chi connectivity index (χ0v) is 13.6. The van der Waals surface area contributed by atoms with Crippen molar-refractivity contribution in [2.45, 2.75) is 67.7 Å². The van der Waals surface area contributed by atoms with Gasteiger partial charge in [-0.25, -0.2) is 0 Å². The Balaban J connectivity index is 3.24. The van der Waals surface area contributed by atoms with Crippen molar-refractivity contribution in [1.82, 2.24) is 4.90 Å². The fourth-order valence-electron chi connectivity index (χ4n) is 2.94. The van der Waals surface area contributed by atoms with Gasteiger partial charge in [-0.1, -0.05) is 61.0 Å². The zero-order valence-electron chi connectivity index (χ0n) is 13.6. The second-order valence-electron chi connectivity index (χ2n) is 7.54. The van der Waals surface area contributed by atoms with E-state index in [1.165, 1.54) is 24.2 Å². The zero-order chi connectivity index (χ0) is 14.1. The van der Waals surface area contributed by atoms with E-state index in [9.17, 15) is 0 Å². The monoisotopic (exact) mass is 249 g/mol. The molecule has 1 aliphatic heterocycles. The van der Waals surface area contributed by atoms with E-state index in [4.69, 9.17) is 0 Å². The van der Waals surface area contributed by atoms with Gasteiger partial charge in [0.1, 0.15) is 0 Å². The first kappa shape index (κ1) is 15.3. The maximum absolute atomic E-state index is 2.45. The molecule has 1 aliphatic rings. The molecule has 0 N–H and O–H groups in total. The summed E-state index contributed by atoms with van der Waals surface area (Å²) in [6.45, 7) is 16.3. The van der Waals surface area contributed by atoms with Crippen LogP contribution in [0.3, 0.4) is 0 Å². The third kappa shape index (κ3) is 3.18. The normalized spacial score (nSPS) is 18.2. The summed E-state index contributed by atoms with van der Waals surface area (Å²) >= 11 is 0. The van der Waals surface area contributed by atoms with Crippen molar-refractivity contribution in [3.63, 3.8) is 0 Å². The molecule has 0 aromatic carbocycles. The lowest BCUT2D eigenvalue weighted by atomic mass is 9.75. The average Bonchev–Trinajstić information content (AvgIpc) is 2.17. The lowest BCUT2D eigenvalue weighted by Crippen LogP contribution is -2.33. The minimum atomic E-state index is 0.213. The maximum Gasteiger partial charge on any atom is 0.0227 e. The summed E-state index contributed by atoms with van der Waals surface area (Å²) < 4.78 is 0. The third-order valence-corrected chi connectivity index (χ3v) is 3.72. The van der Waals surface area contributed by atoms with E-state index in [-0.39, 0.29) is 10.8 Å². The number of allylic oxidation sites excluding steroid dienone is 4. The molecule has 0 fully saturated rings. The van der Waals surface area contributed by atoms with Crippen LogP contribution in [0.15, 0.2) is 23.0 Å². The highest BCUT2D eigenvalue weighted by molar-refractivity contribution is 5.33. The fraction of sp³-hybridized carbons (Fsp3) is 0.765. The van der Waals surface area contributed by atoms with Gasteiger partial charge >= 0.3 is 0 Å². The number of rotatable bonds is 2. The van der Waals surface area contributed by atoms with Crippen LogP contribution < -0.4 is 0 Å². The Kier molecular flexibility index (Phi) is 4.35. The molecule has 0 aromatic rings. The molecular weight excluding hydrogens is 218 g/mol. The van der Waals surface area contributed by atoms with Crippen molar-refractivity contribution in [1.29, 1.82) is 0 Å². The van der Waals surface area contributed by atoms with E-state index < -0.39 is 0 Å². The van der Waals surface area contributed by atoms with E-state index in [1.54, 1.807) is 5.57 Å². The molecule has 0 aliphatic carbocycles.